The molecule has 0 aliphatic heterocycles. The average Bonchev–Trinajstić information content (AvgIpc) is 2.36. The highest BCUT2D eigenvalue weighted by Crippen LogP contribution is 2.36. The fraction of sp³-hybridized carbons (Fsp3) is 0.533. The number of rotatable bonds is 3. The summed E-state index contributed by atoms with van der Waals surface area (Å²) >= 11 is 11.8. The third-order valence-corrected chi connectivity index (χ3v) is 4.22. The second kappa shape index (κ2) is 6.49. The minimum atomic E-state index is -2.62. The normalized spacial score (nSPS) is 18.5. The number of benzene rings is 1. The number of carbonyl (C=O) groups is 1. The summed E-state index contributed by atoms with van der Waals surface area (Å²) in [6.45, 7) is 0.367. The number of halogens is 4. The topological polar surface area (TPSA) is 20.3 Å². The van der Waals surface area contributed by atoms with Crippen molar-refractivity contribution in [2.24, 2.45) is 5.92 Å². The van der Waals surface area contributed by atoms with E-state index in [-0.39, 0.29) is 37.5 Å². The molecular formula is C15H17Cl2F2NO. The molecule has 0 radical (unpaired) electrons. The monoisotopic (exact) mass is 335 g/mol. The number of nitrogens with zero attached hydrogens (tertiary/aromatic N) is 1. The first-order valence-corrected chi connectivity index (χ1v) is 7.60. The van der Waals surface area contributed by atoms with Crippen LogP contribution in [0.15, 0.2) is 18.2 Å². The van der Waals surface area contributed by atoms with Gasteiger partial charge in [-0.05, 0) is 36.6 Å². The molecule has 0 heterocycles. The van der Waals surface area contributed by atoms with Crippen LogP contribution in [0.2, 0.25) is 10.0 Å². The summed E-state index contributed by atoms with van der Waals surface area (Å²) in [6, 6.07) is 5.11. The van der Waals surface area contributed by atoms with Crippen molar-refractivity contribution in [3.63, 3.8) is 0 Å². The van der Waals surface area contributed by atoms with Gasteiger partial charge in [0.25, 0.3) is 0 Å². The zero-order valence-electron chi connectivity index (χ0n) is 11.7. The Kier molecular flexibility index (Phi) is 5.10. The molecule has 0 N–H and O–H groups in total. The molecule has 0 saturated heterocycles. The van der Waals surface area contributed by atoms with E-state index in [1.165, 1.54) is 0 Å². The lowest BCUT2D eigenvalue weighted by Gasteiger charge is -2.30. The summed E-state index contributed by atoms with van der Waals surface area (Å²) < 4.78 is 26.2. The number of alkyl halides is 2. The van der Waals surface area contributed by atoms with E-state index in [0.717, 1.165) is 5.56 Å². The molecule has 1 aliphatic rings. The van der Waals surface area contributed by atoms with Crippen molar-refractivity contribution in [1.29, 1.82) is 0 Å². The minimum absolute atomic E-state index is 0.0957. The van der Waals surface area contributed by atoms with E-state index >= 15 is 0 Å². The van der Waals surface area contributed by atoms with Crippen LogP contribution in [0.3, 0.4) is 0 Å². The summed E-state index contributed by atoms with van der Waals surface area (Å²) in [4.78, 5) is 13.9. The first-order valence-electron chi connectivity index (χ1n) is 6.84. The lowest BCUT2D eigenvalue weighted by molar-refractivity contribution is -0.138. The molecule has 21 heavy (non-hydrogen) atoms. The quantitative estimate of drug-likeness (QED) is 0.778. The second-order valence-electron chi connectivity index (χ2n) is 5.60. The first kappa shape index (κ1) is 16.5. The molecule has 2 nitrogen and oxygen atoms in total. The Morgan fingerprint density at radius 2 is 1.76 bits per heavy atom. The van der Waals surface area contributed by atoms with Gasteiger partial charge in [-0.15, -0.1) is 0 Å². The molecule has 1 saturated carbocycles. The summed E-state index contributed by atoms with van der Waals surface area (Å²) in [5.41, 5.74) is 0.824. The maximum absolute atomic E-state index is 13.1. The zero-order valence-corrected chi connectivity index (χ0v) is 13.2. The Morgan fingerprint density at radius 3 is 2.29 bits per heavy atom. The van der Waals surface area contributed by atoms with Gasteiger partial charge in [-0.1, -0.05) is 23.2 Å². The van der Waals surface area contributed by atoms with Crippen LogP contribution < -0.4 is 0 Å². The smallest absolute Gasteiger partial charge is 0.248 e. The molecule has 1 aliphatic carbocycles. The lowest BCUT2D eigenvalue weighted by Crippen LogP contribution is -2.36. The third-order valence-electron chi connectivity index (χ3n) is 3.78. The van der Waals surface area contributed by atoms with Crippen LogP contribution in [0.4, 0.5) is 8.78 Å². The summed E-state index contributed by atoms with van der Waals surface area (Å²) in [7, 11) is 1.67. The van der Waals surface area contributed by atoms with Gasteiger partial charge in [-0.3, -0.25) is 4.79 Å². The number of hydrogen-bond donors (Lipinski definition) is 0. The summed E-state index contributed by atoms with van der Waals surface area (Å²) in [5.74, 6) is -3.03. The molecule has 116 valence electrons. The van der Waals surface area contributed by atoms with Crippen molar-refractivity contribution in [3.8, 4) is 0 Å². The average molecular weight is 336 g/mol. The van der Waals surface area contributed by atoms with Gasteiger partial charge < -0.3 is 4.90 Å². The predicted octanol–water partition coefficient (Wildman–Crippen LogP) is 4.78. The van der Waals surface area contributed by atoms with Gasteiger partial charge in [0.2, 0.25) is 11.8 Å². The van der Waals surface area contributed by atoms with Gasteiger partial charge in [0, 0.05) is 42.4 Å². The Labute approximate surface area is 133 Å². The minimum Gasteiger partial charge on any atom is -0.341 e. The van der Waals surface area contributed by atoms with Gasteiger partial charge in [-0.25, -0.2) is 8.78 Å². The summed E-state index contributed by atoms with van der Waals surface area (Å²) in [6.07, 6.45) is 0.0689. The van der Waals surface area contributed by atoms with Gasteiger partial charge in [0.05, 0.1) is 0 Å². The molecule has 6 heteroatoms. The van der Waals surface area contributed by atoms with Crippen molar-refractivity contribution >= 4 is 29.1 Å². The highest BCUT2D eigenvalue weighted by molar-refractivity contribution is 6.34. The fourth-order valence-corrected chi connectivity index (χ4v) is 3.22. The van der Waals surface area contributed by atoms with Crippen LogP contribution in [-0.4, -0.2) is 23.8 Å². The number of hydrogen-bond acceptors (Lipinski definition) is 1. The van der Waals surface area contributed by atoms with E-state index in [9.17, 15) is 13.6 Å². The first-order chi connectivity index (χ1) is 9.77. The molecule has 0 aromatic heterocycles. The van der Waals surface area contributed by atoms with E-state index in [1.54, 1.807) is 30.1 Å². The SMILES string of the molecule is CN(Cc1cc(Cl)cc(Cl)c1)C(=O)C1CCC(F)(F)CC1. The van der Waals surface area contributed by atoms with Crippen molar-refractivity contribution < 1.29 is 13.6 Å². The standard InChI is InChI=1S/C15H17Cl2F2NO/c1-20(9-10-6-12(16)8-13(17)7-10)14(21)11-2-4-15(18,19)5-3-11/h6-8,11H,2-5,9H2,1H3. The van der Waals surface area contributed by atoms with Gasteiger partial charge in [0.15, 0.2) is 0 Å². The number of carbonyl (C=O) groups excluding carboxylic acids is 1. The lowest BCUT2D eigenvalue weighted by atomic mass is 9.86. The van der Waals surface area contributed by atoms with Crippen molar-refractivity contribution in [1.82, 2.24) is 4.90 Å². The molecule has 1 aromatic rings. The van der Waals surface area contributed by atoms with Gasteiger partial charge in [0.1, 0.15) is 0 Å². The van der Waals surface area contributed by atoms with Gasteiger partial charge >= 0.3 is 0 Å². The molecule has 0 unspecified atom stereocenters. The van der Waals surface area contributed by atoms with Crippen molar-refractivity contribution in [2.45, 2.75) is 38.2 Å². The van der Waals surface area contributed by atoms with E-state index in [4.69, 9.17) is 23.2 Å². The van der Waals surface area contributed by atoms with E-state index in [1.807, 2.05) is 0 Å². The molecule has 0 bridgehead atoms. The van der Waals surface area contributed by atoms with Crippen LogP contribution in [0.1, 0.15) is 31.2 Å². The molecule has 1 fully saturated rings. The van der Waals surface area contributed by atoms with Crippen molar-refractivity contribution in [2.75, 3.05) is 7.05 Å². The third kappa shape index (κ3) is 4.55. The largest absolute Gasteiger partial charge is 0.341 e. The zero-order chi connectivity index (χ0) is 15.6. The van der Waals surface area contributed by atoms with Crippen molar-refractivity contribution in [3.05, 3.63) is 33.8 Å². The predicted molar refractivity (Wildman–Crippen MR) is 79.8 cm³/mol. The molecule has 1 aromatic carbocycles. The Morgan fingerprint density at radius 1 is 1.24 bits per heavy atom. The highest BCUT2D eigenvalue weighted by Gasteiger charge is 2.38. The van der Waals surface area contributed by atoms with Crippen LogP contribution in [0, 0.1) is 5.92 Å². The molecule has 1 amide bonds. The Hall–Kier alpha value is -0.870. The van der Waals surface area contributed by atoms with Crippen LogP contribution in [-0.2, 0) is 11.3 Å². The second-order valence-corrected chi connectivity index (χ2v) is 6.48. The maximum Gasteiger partial charge on any atom is 0.248 e. The van der Waals surface area contributed by atoms with E-state index < -0.39 is 5.92 Å². The van der Waals surface area contributed by atoms with Gasteiger partial charge in [-0.2, -0.15) is 0 Å². The Bertz CT molecular complexity index is 506. The van der Waals surface area contributed by atoms with Crippen LogP contribution in [0.5, 0.6) is 0 Å². The summed E-state index contributed by atoms with van der Waals surface area (Å²) in [5, 5.41) is 1.02. The van der Waals surface area contributed by atoms with E-state index in [0.29, 0.717) is 16.6 Å². The highest BCUT2D eigenvalue weighted by atomic mass is 35.5. The maximum atomic E-state index is 13.1. The molecular weight excluding hydrogens is 319 g/mol. The molecule has 0 spiro atoms. The van der Waals surface area contributed by atoms with E-state index in [2.05, 4.69) is 0 Å². The van der Waals surface area contributed by atoms with Crippen LogP contribution in [0.25, 0.3) is 0 Å². The Balaban J connectivity index is 1.96. The fourth-order valence-electron chi connectivity index (χ4n) is 2.65. The molecule has 0 atom stereocenters. The van der Waals surface area contributed by atoms with Crippen LogP contribution >= 0.6 is 23.2 Å². The molecule has 2 rings (SSSR count). The number of amides is 1.